The van der Waals surface area contributed by atoms with Gasteiger partial charge in [0.25, 0.3) is 0 Å². The van der Waals surface area contributed by atoms with E-state index in [0.29, 0.717) is 13.0 Å². The first kappa shape index (κ1) is 14.7. The van der Waals surface area contributed by atoms with E-state index in [1.54, 1.807) is 0 Å². The molecule has 0 heterocycles. The Kier molecular flexibility index (Phi) is 6.22. The van der Waals surface area contributed by atoms with E-state index < -0.39 is 5.97 Å². The van der Waals surface area contributed by atoms with Crippen LogP contribution in [0, 0.1) is 0 Å². The van der Waals surface area contributed by atoms with E-state index in [4.69, 9.17) is 9.84 Å². The van der Waals surface area contributed by atoms with Crippen LogP contribution in [0.15, 0.2) is 37.9 Å². The van der Waals surface area contributed by atoms with Crippen molar-refractivity contribution in [3.05, 3.63) is 43.5 Å². The molecule has 0 aliphatic carbocycles. The fourth-order valence-corrected chi connectivity index (χ4v) is 2.63. The van der Waals surface area contributed by atoms with Gasteiger partial charge in [-0.05, 0) is 59.4 Å². The second-order valence-electron chi connectivity index (χ2n) is 3.10. The van der Waals surface area contributed by atoms with Gasteiger partial charge in [0.15, 0.2) is 0 Å². The minimum Gasteiger partial charge on any atom is -0.501 e. The van der Waals surface area contributed by atoms with E-state index in [0.717, 1.165) is 25.1 Å². The molecule has 0 atom stereocenters. The van der Waals surface area contributed by atoms with Crippen LogP contribution in [0.5, 0.6) is 0 Å². The van der Waals surface area contributed by atoms with Crippen LogP contribution in [0.3, 0.4) is 0 Å². The van der Waals surface area contributed by atoms with Crippen molar-refractivity contribution < 1.29 is 14.6 Å². The molecule has 0 aliphatic heterocycles. The van der Waals surface area contributed by atoms with Gasteiger partial charge in [0.05, 0.1) is 18.9 Å². The number of aliphatic carboxylic acids is 1. The predicted octanol–water partition coefficient (Wildman–Crippen LogP) is 4.13. The average Bonchev–Trinajstić information content (AvgIpc) is 2.28. The molecule has 0 saturated carbocycles. The summed E-state index contributed by atoms with van der Waals surface area (Å²) < 4.78 is 7.96. The van der Waals surface area contributed by atoms with E-state index in [1.807, 2.05) is 12.1 Å². The Labute approximate surface area is 124 Å². The number of rotatable bonds is 5. The van der Waals surface area contributed by atoms with Gasteiger partial charge in [-0.25, -0.2) is 4.79 Å². The topological polar surface area (TPSA) is 46.5 Å². The lowest BCUT2D eigenvalue weighted by molar-refractivity contribution is -0.131. The molecule has 92 valence electrons. The van der Waals surface area contributed by atoms with Crippen LogP contribution in [-0.4, -0.2) is 17.7 Å². The lowest BCUT2D eigenvalue weighted by Gasteiger charge is -2.07. The largest absolute Gasteiger partial charge is 0.501 e. The Morgan fingerprint density at radius 1 is 1.29 bits per heavy atom. The fourth-order valence-electron chi connectivity index (χ4n) is 1.10. The highest BCUT2D eigenvalue weighted by molar-refractivity contribution is 9.14. The van der Waals surface area contributed by atoms with Crippen LogP contribution in [0.25, 0.3) is 0 Å². The van der Waals surface area contributed by atoms with Gasteiger partial charge < -0.3 is 9.84 Å². The lowest BCUT2D eigenvalue weighted by Crippen LogP contribution is -1.96. The summed E-state index contributed by atoms with van der Waals surface area (Å²) >= 11 is 10.3. The van der Waals surface area contributed by atoms with Crippen molar-refractivity contribution in [1.29, 1.82) is 0 Å². The van der Waals surface area contributed by atoms with Gasteiger partial charge in [-0.3, -0.25) is 0 Å². The molecule has 0 radical (unpaired) electrons. The first-order valence-electron chi connectivity index (χ1n) is 4.66. The summed E-state index contributed by atoms with van der Waals surface area (Å²) in [4.78, 5) is 10.2. The van der Waals surface area contributed by atoms with E-state index >= 15 is 0 Å². The maximum Gasteiger partial charge on any atom is 0.331 e. The molecule has 0 aliphatic rings. The zero-order valence-electron chi connectivity index (χ0n) is 8.62. The predicted molar refractivity (Wildman–Crippen MR) is 76.0 cm³/mol. The Bertz CT molecular complexity index is 444. The molecule has 0 fully saturated rings. The number of benzene rings is 1. The summed E-state index contributed by atoms with van der Waals surface area (Å²) in [6, 6.07) is 3.92. The van der Waals surface area contributed by atoms with Crippen molar-refractivity contribution in [2.24, 2.45) is 0 Å². The van der Waals surface area contributed by atoms with Crippen LogP contribution in [0.1, 0.15) is 5.56 Å². The molecule has 1 rings (SSSR count). The van der Waals surface area contributed by atoms with Crippen molar-refractivity contribution in [2.45, 2.75) is 6.42 Å². The summed E-state index contributed by atoms with van der Waals surface area (Å²) in [5.74, 6) is -1.02. The van der Waals surface area contributed by atoms with Gasteiger partial charge in [-0.2, -0.15) is 0 Å². The van der Waals surface area contributed by atoms with Crippen LogP contribution >= 0.6 is 47.8 Å². The number of carboxylic acids is 1. The van der Waals surface area contributed by atoms with Gasteiger partial charge in [0, 0.05) is 19.8 Å². The second-order valence-corrected chi connectivity index (χ2v) is 5.54. The molecular formula is C11H9Br3O3. The maximum atomic E-state index is 10.2. The molecule has 6 heteroatoms. The Morgan fingerprint density at radius 2 is 2.00 bits per heavy atom. The molecule has 0 saturated heterocycles. The van der Waals surface area contributed by atoms with E-state index in [-0.39, 0.29) is 0 Å². The molecule has 1 aromatic carbocycles. The summed E-state index contributed by atoms with van der Waals surface area (Å²) in [5, 5.41) is 8.36. The molecule has 0 bridgehead atoms. The Hall–Kier alpha value is -0.330. The molecule has 0 aromatic heterocycles. The maximum absolute atomic E-state index is 10.2. The molecule has 17 heavy (non-hydrogen) atoms. The Morgan fingerprint density at radius 3 is 2.65 bits per heavy atom. The van der Waals surface area contributed by atoms with Crippen LogP contribution in [0.4, 0.5) is 0 Å². The number of carbonyl (C=O) groups is 1. The second kappa shape index (κ2) is 7.18. The van der Waals surface area contributed by atoms with E-state index in [1.165, 1.54) is 6.26 Å². The SMILES string of the molecule is O=C(O)C=COCCc1ccc(Br)c(Br)c1Br. The lowest BCUT2D eigenvalue weighted by atomic mass is 10.2. The van der Waals surface area contributed by atoms with Crippen LogP contribution < -0.4 is 0 Å². The first-order chi connectivity index (χ1) is 8.02. The number of hydrogen-bond acceptors (Lipinski definition) is 2. The van der Waals surface area contributed by atoms with Gasteiger partial charge >= 0.3 is 5.97 Å². The minimum absolute atomic E-state index is 0.427. The third-order valence-electron chi connectivity index (χ3n) is 1.91. The molecule has 0 spiro atoms. The van der Waals surface area contributed by atoms with Crippen LogP contribution in [-0.2, 0) is 16.0 Å². The zero-order chi connectivity index (χ0) is 12.8. The van der Waals surface area contributed by atoms with Crippen molar-refractivity contribution in [3.8, 4) is 0 Å². The molecule has 3 nitrogen and oxygen atoms in total. The van der Waals surface area contributed by atoms with Crippen molar-refractivity contribution in [1.82, 2.24) is 0 Å². The fraction of sp³-hybridized carbons (Fsp3) is 0.182. The first-order valence-corrected chi connectivity index (χ1v) is 7.03. The number of hydrogen-bond donors (Lipinski definition) is 1. The number of carboxylic acid groups (broad SMARTS) is 1. The molecular weight excluding hydrogens is 420 g/mol. The smallest absolute Gasteiger partial charge is 0.331 e. The molecule has 1 N–H and O–H groups in total. The zero-order valence-corrected chi connectivity index (χ0v) is 13.4. The highest BCUT2D eigenvalue weighted by Gasteiger charge is 2.06. The molecule has 1 aromatic rings. The van der Waals surface area contributed by atoms with Crippen molar-refractivity contribution in [3.63, 3.8) is 0 Å². The number of halogens is 3. The summed E-state index contributed by atoms with van der Waals surface area (Å²) in [5.41, 5.74) is 1.09. The van der Waals surface area contributed by atoms with E-state index in [9.17, 15) is 4.79 Å². The standard InChI is InChI=1S/C11H9Br3O3/c12-8-2-1-7(10(13)11(8)14)3-5-17-6-4-9(15)16/h1-2,4,6H,3,5H2,(H,15,16). The highest BCUT2D eigenvalue weighted by atomic mass is 79.9. The summed E-state index contributed by atoms with van der Waals surface area (Å²) in [7, 11) is 0. The van der Waals surface area contributed by atoms with Crippen molar-refractivity contribution >= 4 is 53.8 Å². The summed E-state index contributed by atoms with van der Waals surface area (Å²) in [6.45, 7) is 0.427. The third kappa shape index (κ3) is 4.81. The monoisotopic (exact) mass is 426 g/mol. The van der Waals surface area contributed by atoms with Gasteiger partial charge in [-0.1, -0.05) is 6.07 Å². The normalized spacial score (nSPS) is 10.8. The van der Waals surface area contributed by atoms with Crippen LogP contribution in [0.2, 0.25) is 0 Å². The number of ether oxygens (including phenoxy) is 1. The molecule has 0 amide bonds. The molecule has 0 unspecified atom stereocenters. The van der Waals surface area contributed by atoms with Gasteiger partial charge in [0.2, 0.25) is 0 Å². The summed E-state index contributed by atoms with van der Waals surface area (Å²) in [6.07, 6.45) is 2.84. The average molecular weight is 429 g/mol. The Balaban J connectivity index is 2.53. The minimum atomic E-state index is -1.02. The van der Waals surface area contributed by atoms with Gasteiger partial charge in [0.1, 0.15) is 0 Å². The van der Waals surface area contributed by atoms with E-state index in [2.05, 4.69) is 47.8 Å². The highest BCUT2D eigenvalue weighted by Crippen LogP contribution is 2.33. The third-order valence-corrected chi connectivity index (χ3v) is 5.37. The quantitative estimate of drug-likeness (QED) is 0.332. The van der Waals surface area contributed by atoms with Gasteiger partial charge in [-0.15, -0.1) is 0 Å². The van der Waals surface area contributed by atoms with Crippen molar-refractivity contribution in [2.75, 3.05) is 6.61 Å².